The Balaban J connectivity index is 1.54. The second-order valence-electron chi connectivity index (χ2n) is 5.29. The van der Waals surface area contributed by atoms with Gasteiger partial charge in [-0.25, -0.2) is 19.7 Å². The van der Waals surface area contributed by atoms with Crippen molar-refractivity contribution in [2.24, 2.45) is 0 Å². The minimum atomic E-state index is -0.293. The topological polar surface area (TPSA) is 83.0 Å². The van der Waals surface area contributed by atoms with Crippen molar-refractivity contribution in [2.45, 2.75) is 25.8 Å². The zero-order valence-electron chi connectivity index (χ0n) is 12.6. The molecule has 2 amide bonds. The van der Waals surface area contributed by atoms with Gasteiger partial charge in [-0.05, 0) is 19.3 Å². The first kappa shape index (κ1) is 14.7. The molecular formula is C14H18N6OS. The molecule has 0 aliphatic heterocycles. The van der Waals surface area contributed by atoms with Crippen molar-refractivity contribution in [1.82, 2.24) is 20.3 Å². The second-order valence-corrected chi connectivity index (χ2v) is 6.46. The van der Waals surface area contributed by atoms with Gasteiger partial charge in [-0.2, -0.15) is 0 Å². The van der Waals surface area contributed by atoms with E-state index in [-0.39, 0.29) is 6.03 Å². The van der Waals surface area contributed by atoms with Crippen LogP contribution in [0.1, 0.15) is 22.0 Å². The van der Waals surface area contributed by atoms with Crippen LogP contribution in [-0.4, -0.2) is 35.1 Å². The van der Waals surface area contributed by atoms with Crippen LogP contribution >= 0.6 is 11.3 Å². The molecule has 2 heterocycles. The van der Waals surface area contributed by atoms with E-state index in [0.29, 0.717) is 12.4 Å². The molecule has 1 aliphatic rings. The van der Waals surface area contributed by atoms with Crippen molar-refractivity contribution in [1.29, 1.82) is 0 Å². The maximum atomic E-state index is 11.9. The monoisotopic (exact) mass is 318 g/mol. The largest absolute Gasteiger partial charge is 0.363 e. The number of hydrogen-bond acceptors (Lipinski definition) is 6. The molecule has 3 rings (SSSR count). The molecule has 0 saturated heterocycles. The van der Waals surface area contributed by atoms with Crippen LogP contribution in [0.2, 0.25) is 0 Å². The van der Waals surface area contributed by atoms with E-state index in [4.69, 9.17) is 0 Å². The van der Waals surface area contributed by atoms with E-state index < -0.39 is 0 Å². The Bertz CT molecular complexity index is 662. The number of hydrogen-bond donors (Lipinski definition) is 2. The fraction of sp³-hybridized carbons (Fsp3) is 0.429. The lowest BCUT2D eigenvalue weighted by Gasteiger charge is -2.12. The molecule has 22 heavy (non-hydrogen) atoms. The first-order chi connectivity index (χ1) is 10.6. The Hall–Kier alpha value is -2.22. The smallest absolute Gasteiger partial charge is 0.320 e. The van der Waals surface area contributed by atoms with Crippen LogP contribution in [0.15, 0.2) is 12.4 Å². The van der Waals surface area contributed by atoms with Crippen LogP contribution in [0.5, 0.6) is 0 Å². The number of nitrogens with zero attached hydrogens (tertiary/aromatic N) is 4. The van der Waals surface area contributed by atoms with Gasteiger partial charge in [0.25, 0.3) is 0 Å². The molecule has 0 atom stereocenters. The molecule has 0 saturated carbocycles. The number of urea groups is 1. The van der Waals surface area contributed by atoms with Crippen molar-refractivity contribution in [3.63, 3.8) is 0 Å². The predicted octanol–water partition coefficient (Wildman–Crippen LogP) is 1.81. The molecule has 0 fully saturated rings. The summed E-state index contributed by atoms with van der Waals surface area (Å²) in [6.07, 6.45) is 4.81. The highest BCUT2D eigenvalue weighted by Crippen LogP contribution is 2.27. The number of aryl methyl sites for hydroxylation is 2. The maximum absolute atomic E-state index is 11.9. The third-order valence-electron chi connectivity index (χ3n) is 3.39. The maximum Gasteiger partial charge on any atom is 0.320 e. The first-order valence-electron chi connectivity index (χ1n) is 7.13. The quantitative estimate of drug-likeness (QED) is 0.898. The van der Waals surface area contributed by atoms with Crippen LogP contribution in [0.3, 0.4) is 0 Å². The zero-order valence-corrected chi connectivity index (χ0v) is 13.4. The Morgan fingerprint density at radius 1 is 1.36 bits per heavy atom. The average Bonchev–Trinajstić information content (AvgIpc) is 3.06. The van der Waals surface area contributed by atoms with Gasteiger partial charge in [0.2, 0.25) is 0 Å². The van der Waals surface area contributed by atoms with Gasteiger partial charge in [0, 0.05) is 25.0 Å². The predicted molar refractivity (Wildman–Crippen MR) is 86.4 cm³/mol. The minimum absolute atomic E-state index is 0.293. The number of amides is 2. The molecule has 116 valence electrons. The summed E-state index contributed by atoms with van der Waals surface area (Å²) in [6, 6.07) is 1.43. The molecule has 2 aromatic heterocycles. The van der Waals surface area contributed by atoms with E-state index in [1.54, 1.807) is 17.4 Å². The van der Waals surface area contributed by atoms with E-state index in [1.807, 2.05) is 19.0 Å². The van der Waals surface area contributed by atoms with Crippen LogP contribution in [0, 0.1) is 0 Å². The lowest BCUT2D eigenvalue weighted by atomic mass is 10.4. The summed E-state index contributed by atoms with van der Waals surface area (Å²) in [7, 11) is 3.77. The molecule has 0 bridgehead atoms. The van der Waals surface area contributed by atoms with E-state index in [1.165, 1.54) is 23.3 Å². The third-order valence-corrected chi connectivity index (χ3v) is 4.55. The molecule has 8 heteroatoms. The summed E-state index contributed by atoms with van der Waals surface area (Å²) in [5, 5.41) is 6.47. The number of aromatic nitrogens is 3. The lowest BCUT2D eigenvalue weighted by Crippen LogP contribution is -2.28. The van der Waals surface area contributed by atoms with E-state index >= 15 is 0 Å². The molecule has 2 aromatic rings. The van der Waals surface area contributed by atoms with Gasteiger partial charge in [-0.3, -0.25) is 5.32 Å². The van der Waals surface area contributed by atoms with Crippen molar-refractivity contribution in [3.05, 3.63) is 28.0 Å². The first-order valence-corrected chi connectivity index (χ1v) is 7.95. The lowest BCUT2D eigenvalue weighted by molar-refractivity contribution is 0.251. The molecule has 0 unspecified atom stereocenters. The van der Waals surface area contributed by atoms with Crippen molar-refractivity contribution >= 4 is 29.0 Å². The summed E-state index contributed by atoms with van der Waals surface area (Å²) in [4.78, 5) is 27.8. The molecular weight excluding hydrogens is 300 g/mol. The number of nitrogens with one attached hydrogen (secondary N) is 2. The van der Waals surface area contributed by atoms with Crippen LogP contribution < -0.4 is 15.5 Å². The summed E-state index contributed by atoms with van der Waals surface area (Å²) < 4.78 is 0. The van der Waals surface area contributed by atoms with E-state index in [0.717, 1.165) is 23.7 Å². The normalized spacial score (nSPS) is 12.8. The standard InChI is InChI=1S/C14H18N6OS/c1-20(2)12-6-11(16-8-17-12)19-14(21)15-7-13-18-9-4-3-5-10(9)22-13/h6,8H,3-5,7H2,1-2H3,(H2,15,16,17,19,21). The Kier molecular flexibility index (Phi) is 4.19. The SMILES string of the molecule is CN(C)c1cc(NC(=O)NCc2nc3c(s2)CCC3)ncn1. The molecule has 0 radical (unpaired) electrons. The van der Waals surface area contributed by atoms with E-state index in [9.17, 15) is 4.79 Å². The number of carbonyl (C=O) groups is 1. The third kappa shape index (κ3) is 3.33. The van der Waals surface area contributed by atoms with Gasteiger partial charge in [-0.15, -0.1) is 11.3 Å². The Labute approximate surface area is 132 Å². The van der Waals surface area contributed by atoms with Gasteiger partial charge in [0.15, 0.2) is 0 Å². The van der Waals surface area contributed by atoms with Crippen molar-refractivity contribution in [2.75, 3.05) is 24.3 Å². The summed E-state index contributed by atoms with van der Waals surface area (Å²) in [5.41, 5.74) is 1.20. The van der Waals surface area contributed by atoms with Gasteiger partial charge in [-0.1, -0.05) is 0 Å². The fourth-order valence-electron chi connectivity index (χ4n) is 2.30. The molecule has 2 N–H and O–H groups in total. The van der Waals surface area contributed by atoms with E-state index in [2.05, 4.69) is 25.6 Å². The number of carbonyl (C=O) groups excluding carboxylic acids is 1. The highest BCUT2D eigenvalue weighted by Gasteiger charge is 2.16. The van der Waals surface area contributed by atoms with Gasteiger partial charge < -0.3 is 10.2 Å². The summed E-state index contributed by atoms with van der Waals surface area (Å²) in [5.74, 6) is 1.21. The molecule has 0 spiro atoms. The highest BCUT2D eigenvalue weighted by atomic mass is 32.1. The second kappa shape index (κ2) is 6.27. The van der Waals surface area contributed by atoms with Crippen LogP contribution in [-0.2, 0) is 19.4 Å². The minimum Gasteiger partial charge on any atom is -0.363 e. The Morgan fingerprint density at radius 2 is 2.23 bits per heavy atom. The molecule has 7 nitrogen and oxygen atoms in total. The van der Waals surface area contributed by atoms with Crippen molar-refractivity contribution in [3.8, 4) is 0 Å². The number of rotatable bonds is 4. The van der Waals surface area contributed by atoms with Gasteiger partial charge in [0.1, 0.15) is 23.0 Å². The summed E-state index contributed by atoms with van der Waals surface area (Å²) >= 11 is 1.69. The number of anilines is 2. The van der Waals surface area contributed by atoms with Crippen molar-refractivity contribution < 1.29 is 4.79 Å². The fourth-order valence-corrected chi connectivity index (χ4v) is 3.39. The summed E-state index contributed by atoms with van der Waals surface area (Å²) in [6.45, 7) is 0.440. The van der Waals surface area contributed by atoms with Gasteiger partial charge in [0.05, 0.1) is 12.2 Å². The number of fused-ring (bicyclic) bond motifs is 1. The van der Waals surface area contributed by atoms with Crippen LogP contribution in [0.4, 0.5) is 16.4 Å². The van der Waals surface area contributed by atoms with Crippen LogP contribution in [0.25, 0.3) is 0 Å². The average molecular weight is 318 g/mol. The molecule has 1 aliphatic carbocycles. The van der Waals surface area contributed by atoms with Gasteiger partial charge >= 0.3 is 6.03 Å². The molecule has 0 aromatic carbocycles. The highest BCUT2D eigenvalue weighted by molar-refractivity contribution is 7.11. The Morgan fingerprint density at radius 3 is 3.00 bits per heavy atom. The number of thiazole rings is 1. The zero-order chi connectivity index (χ0) is 15.5.